The van der Waals surface area contributed by atoms with Gasteiger partial charge >= 0.3 is 0 Å². The summed E-state index contributed by atoms with van der Waals surface area (Å²) < 4.78 is 10.5. The van der Waals surface area contributed by atoms with Crippen molar-refractivity contribution < 1.29 is 19.1 Å². The van der Waals surface area contributed by atoms with Crippen molar-refractivity contribution in [3.8, 4) is 22.6 Å². The average Bonchev–Trinajstić information content (AvgIpc) is 3.07. The fourth-order valence-electron chi connectivity index (χ4n) is 3.31. The quantitative estimate of drug-likeness (QED) is 0.475. The molecule has 0 unspecified atom stereocenters. The van der Waals surface area contributed by atoms with Crippen LogP contribution in [0, 0.1) is 0 Å². The molecule has 0 N–H and O–H groups in total. The molecule has 1 saturated heterocycles. The molecule has 1 aliphatic heterocycles. The first-order valence-corrected chi connectivity index (χ1v) is 10.5. The molecule has 4 rings (SSSR count). The van der Waals surface area contributed by atoms with E-state index in [0.717, 1.165) is 45.5 Å². The maximum Gasteiger partial charge on any atom is 0.293 e. The topological polar surface area (TPSA) is 55.8 Å². The van der Waals surface area contributed by atoms with Crippen LogP contribution in [0.15, 0.2) is 77.7 Å². The van der Waals surface area contributed by atoms with Crippen LogP contribution in [0.3, 0.4) is 0 Å². The third kappa shape index (κ3) is 4.64. The molecule has 0 aromatic heterocycles. The number of hydrogen-bond donors (Lipinski definition) is 0. The Balaban J connectivity index is 1.55. The summed E-state index contributed by atoms with van der Waals surface area (Å²) in [5, 5.41) is -0.268. The Morgan fingerprint density at radius 1 is 0.839 bits per heavy atom. The Bertz CT molecular complexity index is 1150. The number of imide groups is 1. The second-order valence-corrected chi connectivity index (χ2v) is 7.97. The van der Waals surface area contributed by atoms with Gasteiger partial charge in [-0.25, -0.2) is 0 Å². The van der Waals surface area contributed by atoms with Gasteiger partial charge in [0.1, 0.15) is 11.5 Å². The smallest absolute Gasteiger partial charge is 0.293 e. The van der Waals surface area contributed by atoms with Crippen molar-refractivity contribution in [3.63, 3.8) is 0 Å². The highest BCUT2D eigenvalue weighted by molar-refractivity contribution is 8.18. The minimum Gasteiger partial charge on any atom is -0.497 e. The van der Waals surface area contributed by atoms with Gasteiger partial charge in [0.15, 0.2) is 0 Å². The number of ether oxygens (including phenoxy) is 2. The number of thioether (sulfide) groups is 1. The fraction of sp³-hybridized carbons (Fsp3) is 0.120. The SMILES string of the molecule is COc1ccc(CN2C(=O)SC(=Cc3cccc(-c4cccc(OC)c4)c3)C2=O)cc1. The van der Waals surface area contributed by atoms with Gasteiger partial charge in [0, 0.05) is 0 Å². The summed E-state index contributed by atoms with van der Waals surface area (Å²) in [6.45, 7) is 0.232. The van der Waals surface area contributed by atoms with Gasteiger partial charge in [0.05, 0.1) is 25.7 Å². The van der Waals surface area contributed by atoms with Crippen LogP contribution in [0.1, 0.15) is 11.1 Å². The normalized spacial score (nSPS) is 14.9. The van der Waals surface area contributed by atoms with Gasteiger partial charge < -0.3 is 9.47 Å². The third-order valence-electron chi connectivity index (χ3n) is 4.96. The monoisotopic (exact) mass is 431 g/mol. The minimum atomic E-state index is -0.280. The molecule has 1 fully saturated rings. The number of hydrogen-bond acceptors (Lipinski definition) is 5. The second kappa shape index (κ2) is 9.10. The third-order valence-corrected chi connectivity index (χ3v) is 5.87. The second-order valence-electron chi connectivity index (χ2n) is 6.97. The molecular weight excluding hydrogens is 410 g/mol. The fourth-order valence-corrected chi connectivity index (χ4v) is 4.15. The zero-order chi connectivity index (χ0) is 21.8. The number of rotatable bonds is 6. The van der Waals surface area contributed by atoms with Crippen molar-refractivity contribution in [1.29, 1.82) is 0 Å². The molecule has 0 bridgehead atoms. The molecule has 2 amide bonds. The summed E-state index contributed by atoms with van der Waals surface area (Å²) in [6.07, 6.45) is 1.77. The lowest BCUT2D eigenvalue weighted by Crippen LogP contribution is -2.27. The number of carbonyl (C=O) groups is 2. The summed E-state index contributed by atoms with van der Waals surface area (Å²) in [7, 11) is 3.23. The molecule has 156 valence electrons. The molecule has 1 heterocycles. The van der Waals surface area contributed by atoms with Gasteiger partial charge in [-0.3, -0.25) is 14.5 Å². The maximum atomic E-state index is 12.9. The molecule has 3 aromatic rings. The summed E-state index contributed by atoms with van der Waals surface area (Å²) in [4.78, 5) is 27.0. The molecule has 0 atom stereocenters. The molecule has 1 aliphatic rings. The van der Waals surface area contributed by atoms with Crippen molar-refractivity contribution in [3.05, 3.63) is 88.8 Å². The summed E-state index contributed by atoms with van der Waals surface area (Å²) in [5.74, 6) is 1.23. The van der Waals surface area contributed by atoms with E-state index < -0.39 is 0 Å². The summed E-state index contributed by atoms with van der Waals surface area (Å²) in [5.41, 5.74) is 3.74. The zero-order valence-corrected chi connectivity index (χ0v) is 18.0. The van der Waals surface area contributed by atoms with Gasteiger partial charge in [-0.15, -0.1) is 0 Å². The van der Waals surface area contributed by atoms with E-state index >= 15 is 0 Å². The van der Waals surface area contributed by atoms with Gasteiger partial charge in [-0.05, 0) is 70.4 Å². The Hall–Kier alpha value is -3.51. The van der Waals surface area contributed by atoms with E-state index in [4.69, 9.17) is 9.47 Å². The molecule has 5 nitrogen and oxygen atoms in total. The summed E-state index contributed by atoms with van der Waals surface area (Å²) >= 11 is 0.965. The maximum absolute atomic E-state index is 12.9. The van der Waals surface area contributed by atoms with Crippen molar-refractivity contribution in [1.82, 2.24) is 4.90 Å². The van der Waals surface area contributed by atoms with Gasteiger partial charge in [-0.1, -0.05) is 42.5 Å². The lowest BCUT2D eigenvalue weighted by Gasteiger charge is -2.12. The standard InChI is InChI=1S/C25H21NO4S/c1-29-21-11-9-17(10-12-21)16-26-24(27)23(31-25(26)28)14-18-5-3-6-19(13-18)20-7-4-8-22(15-20)30-2/h3-15H,16H2,1-2H3. The van der Waals surface area contributed by atoms with E-state index in [0.29, 0.717) is 4.91 Å². The first-order valence-electron chi connectivity index (χ1n) is 9.70. The number of nitrogens with zero attached hydrogens (tertiary/aromatic N) is 1. The minimum absolute atomic E-state index is 0.232. The molecule has 3 aromatic carbocycles. The van der Waals surface area contributed by atoms with E-state index in [2.05, 4.69) is 0 Å². The van der Waals surface area contributed by atoms with Crippen molar-refractivity contribution in [2.75, 3.05) is 14.2 Å². The molecule has 0 saturated carbocycles. The van der Waals surface area contributed by atoms with Crippen LogP contribution in [0.5, 0.6) is 11.5 Å². The Morgan fingerprint density at radius 3 is 2.23 bits per heavy atom. The van der Waals surface area contributed by atoms with Crippen LogP contribution in [0.2, 0.25) is 0 Å². The Morgan fingerprint density at radius 2 is 1.52 bits per heavy atom. The predicted octanol–water partition coefficient (Wildman–Crippen LogP) is 5.61. The average molecular weight is 432 g/mol. The number of benzene rings is 3. The highest BCUT2D eigenvalue weighted by Crippen LogP contribution is 2.34. The van der Waals surface area contributed by atoms with Crippen LogP contribution in [-0.4, -0.2) is 30.3 Å². The molecule has 31 heavy (non-hydrogen) atoms. The Labute approximate surface area is 185 Å². The highest BCUT2D eigenvalue weighted by Gasteiger charge is 2.34. The first kappa shape index (κ1) is 20.8. The van der Waals surface area contributed by atoms with Crippen molar-refractivity contribution in [2.45, 2.75) is 6.54 Å². The Kier molecular flexibility index (Phi) is 6.09. The van der Waals surface area contributed by atoms with Crippen LogP contribution < -0.4 is 9.47 Å². The zero-order valence-electron chi connectivity index (χ0n) is 17.2. The van der Waals surface area contributed by atoms with Crippen molar-refractivity contribution in [2.24, 2.45) is 0 Å². The van der Waals surface area contributed by atoms with Crippen LogP contribution in [0.4, 0.5) is 4.79 Å². The first-order chi connectivity index (χ1) is 15.1. The van der Waals surface area contributed by atoms with E-state index in [1.165, 1.54) is 4.90 Å². The molecule has 0 spiro atoms. The van der Waals surface area contributed by atoms with E-state index in [1.807, 2.05) is 72.8 Å². The van der Waals surface area contributed by atoms with Gasteiger partial charge in [-0.2, -0.15) is 0 Å². The molecule has 0 aliphatic carbocycles. The lowest BCUT2D eigenvalue weighted by atomic mass is 10.0. The van der Waals surface area contributed by atoms with Crippen LogP contribution in [-0.2, 0) is 11.3 Å². The molecular formula is C25H21NO4S. The number of methoxy groups -OCH3 is 2. The van der Waals surface area contributed by atoms with E-state index in [9.17, 15) is 9.59 Å². The largest absolute Gasteiger partial charge is 0.497 e. The number of carbonyl (C=O) groups excluding carboxylic acids is 2. The van der Waals surface area contributed by atoms with Crippen molar-refractivity contribution >= 4 is 29.0 Å². The molecule has 6 heteroatoms. The molecule has 0 radical (unpaired) electrons. The predicted molar refractivity (Wildman–Crippen MR) is 123 cm³/mol. The van der Waals surface area contributed by atoms with E-state index in [1.54, 1.807) is 20.3 Å². The summed E-state index contributed by atoms with van der Waals surface area (Å²) in [6, 6.07) is 23.0. The van der Waals surface area contributed by atoms with Crippen LogP contribution in [0.25, 0.3) is 17.2 Å². The van der Waals surface area contributed by atoms with Gasteiger partial charge in [0.2, 0.25) is 0 Å². The highest BCUT2D eigenvalue weighted by atomic mass is 32.2. The van der Waals surface area contributed by atoms with E-state index in [-0.39, 0.29) is 17.7 Å². The van der Waals surface area contributed by atoms with Crippen LogP contribution >= 0.6 is 11.8 Å². The van der Waals surface area contributed by atoms with Gasteiger partial charge in [0.25, 0.3) is 11.1 Å². The lowest BCUT2D eigenvalue weighted by molar-refractivity contribution is -0.123. The number of amides is 2.